The second-order valence-electron chi connectivity index (χ2n) is 6.84. The number of nitrogens with one attached hydrogen (secondary N) is 1. The lowest BCUT2D eigenvalue weighted by Gasteiger charge is -2.24. The fourth-order valence-corrected chi connectivity index (χ4v) is 3.15. The molecule has 0 aliphatic carbocycles. The Balaban J connectivity index is 1.84. The second-order valence-corrected chi connectivity index (χ2v) is 6.84. The van der Waals surface area contributed by atoms with Gasteiger partial charge in [0.15, 0.2) is 0 Å². The van der Waals surface area contributed by atoms with Crippen LogP contribution in [0.25, 0.3) is 0 Å². The summed E-state index contributed by atoms with van der Waals surface area (Å²) in [5.74, 6) is 0.982. The minimum absolute atomic E-state index is 0.125. The van der Waals surface area contributed by atoms with E-state index in [-0.39, 0.29) is 18.0 Å². The van der Waals surface area contributed by atoms with Crippen LogP contribution in [0.4, 0.5) is 0 Å². The Hall–Kier alpha value is -3.12. The number of carbonyl (C=O) groups is 1. The molecule has 0 radical (unpaired) electrons. The molecule has 0 fully saturated rings. The van der Waals surface area contributed by atoms with Crippen LogP contribution < -0.4 is 15.8 Å². The molecule has 3 unspecified atom stereocenters. The van der Waals surface area contributed by atoms with Crippen molar-refractivity contribution < 1.29 is 9.53 Å². The third-order valence-electron chi connectivity index (χ3n) is 4.99. The Kier molecular flexibility index (Phi) is 6.11. The monoisotopic (exact) mass is 378 g/mol. The Morgan fingerprint density at radius 2 is 1.79 bits per heavy atom. The molecule has 0 bridgehead atoms. The first-order valence-electron chi connectivity index (χ1n) is 9.23. The van der Waals surface area contributed by atoms with Crippen LogP contribution in [-0.2, 0) is 11.8 Å². The normalized spacial score (nSPS) is 14.1. The molecule has 1 amide bonds. The lowest BCUT2D eigenvalue weighted by atomic mass is 9.94. The molecule has 6 nitrogen and oxygen atoms in total. The first kappa shape index (κ1) is 19.6. The zero-order valence-electron chi connectivity index (χ0n) is 16.4. The van der Waals surface area contributed by atoms with E-state index in [1.165, 1.54) is 0 Å². The third kappa shape index (κ3) is 4.23. The number of methoxy groups -OCH3 is 1. The van der Waals surface area contributed by atoms with Gasteiger partial charge < -0.3 is 20.4 Å². The quantitative estimate of drug-likeness (QED) is 0.662. The predicted octanol–water partition coefficient (Wildman–Crippen LogP) is 2.97. The maximum absolute atomic E-state index is 13.0. The highest BCUT2D eigenvalue weighted by Crippen LogP contribution is 2.25. The van der Waals surface area contributed by atoms with Crippen LogP contribution in [-0.4, -0.2) is 22.6 Å². The summed E-state index contributed by atoms with van der Waals surface area (Å²) < 4.78 is 7.14. The van der Waals surface area contributed by atoms with Crippen molar-refractivity contribution in [1.82, 2.24) is 14.9 Å². The SMILES string of the molecule is COc1ccc(C(NC(=O)C(C)C(N)c2ccccc2)c2nccn2C)cc1. The Morgan fingerprint density at radius 3 is 2.36 bits per heavy atom. The van der Waals surface area contributed by atoms with Gasteiger partial charge in [0.05, 0.1) is 13.0 Å². The molecule has 3 aromatic rings. The predicted molar refractivity (Wildman–Crippen MR) is 109 cm³/mol. The lowest BCUT2D eigenvalue weighted by Crippen LogP contribution is -2.38. The van der Waals surface area contributed by atoms with Crippen LogP contribution in [0.2, 0.25) is 0 Å². The van der Waals surface area contributed by atoms with E-state index in [9.17, 15) is 4.79 Å². The highest BCUT2D eigenvalue weighted by Gasteiger charge is 2.27. The fourth-order valence-electron chi connectivity index (χ4n) is 3.15. The minimum atomic E-state index is -0.400. The number of rotatable bonds is 7. The number of imidazole rings is 1. The zero-order chi connectivity index (χ0) is 20.1. The maximum Gasteiger partial charge on any atom is 0.225 e. The smallest absolute Gasteiger partial charge is 0.225 e. The third-order valence-corrected chi connectivity index (χ3v) is 4.99. The van der Waals surface area contributed by atoms with E-state index in [0.717, 1.165) is 22.7 Å². The van der Waals surface area contributed by atoms with Gasteiger partial charge in [-0.15, -0.1) is 0 Å². The second kappa shape index (κ2) is 8.71. The van der Waals surface area contributed by atoms with Crippen molar-refractivity contribution in [2.45, 2.75) is 19.0 Å². The van der Waals surface area contributed by atoms with Gasteiger partial charge in [0.1, 0.15) is 17.6 Å². The number of benzene rings is 2. The Morgan fingerprint density at radius 1 is 1.11 bits per heavy atom. The molecule has 146 valence electrons. The van der Waals surface area contributed by atoms with Crippen molar-refractivity contribution in [3.63, 3.8) is 0 Å². The number of nitrogens with two attached hydrogens (primary N) is 1. The van der Waals surface area contributed by atoms with Crippen molar-refractivity contribution >= 4 is 5.91 Å². The molecule has 2 aromatic carbocycles. The summed E-state index contributed by atoms with van der Waals surface area (Å²) in [6, 6.07) is 16.5. The summed E-state index contributed by atoms with van der Waals surface area (Å²) in [5.41, 5.74) is 8.20. The summed E-state index contributed by atoms with van der Waals surface area (Å²) in [4.78, 5) is 17.5. The summed E-state index contributed by atoms with van der Waals surface area (Å²) in [6.07, 6.45) is 3.58. The Labute approximate surface area is 165 Å². The van der Waals surface area contributed by atoms with Crippen molar-refractivity contribution in [3.05, 3.63) is 83.9 Å². The summed E-state index contributed by atoms with van der Waals surface area (Å²) in [6.45, 7) is 1.84. The van der Waals surface area contributed by atoms with Crippen molar-refractivity contribution in [2.75, 3.05) is 7.11 Å². The van der Waals surface area contributed by atoms with E-state index in [1.807, 2.05) is 79.3 Å². The van der Waals surface area contributed by atoms with E-state index < -0.39 is 5.92 Å². The van der Waals surface area contributed by atoms with E-state index >= 15 is 0 Å². The molecule has 3 atom stereocenters. The first-order chi connectivity index (χ1) is 13.5. The zero-order valence-corrected chi connectivity index (χ0v) is 16.4. The molecule has 28 heavy (non-hydrogen) atoms. The minimum Gasteiger partial charge on any atom is -0.497 e. The van der Waals surface area contributed by atoms with Crippen LogP contribution in [0.5, 0.6) is 5.75 Å². The fraction of sp³-hybridized carbons (Fsp3) is 0.273. The number of aromatic nitrogens is 2. The molecule has 3 N–H and O–H groups in total. The van der Waals surface area contributed by atoms with Gasteiger partial charge in [-0.25, -0.2) is 4.98 Å². The highest BCUT2D eigenvalue weighted by molar-refractivity contribution is 5.80. The molecular weight excluding hydrogens is 352 g/mol. The lowest BCUT2D eigenvalue weighted by molar-refractivity contribution is -0.125. The highest BCUT2D eigenvalue weighted by atomic mass is 16.5. The Bertz CT molecular complexity index is 906. The van der Waals surface area contributed by atoms with Gasteiger partial charge in [-0.3, -0.25) is 4.79 Å². The van der Waals surface area contributed by atoms with Crippen LogP contribution in [0, 0.1) is 5.92 Å². The molecule has 0 aliphatic heterocycles. The average molecular weight is 378 g/mol. The van der Waals surface area contributed by atoms with Crippen LogP contribution in [0.15, 0.2) is 67.0 Å². The number of carbonyl (C=O) groups excluding carboxylic acids is 1. The number of hydrogen-bond donors (Lipinski definition) is 2. The van der Waals surface area contributed by atoms with Crippen molar-refractivity contribution in [3.8, 4) is 5.75 Å². The number of aryl methyl sites for hydroxylation is 1. The topological polar surface area (TPSA) is 82.2 Å². The standard InChI is InChI=1S/C22H26N4O2/c1-15(19(23)16-7-5-4-6-8-16)22(27)25-20(21-24-13-14-26(21)2)17-9-11-18(28-3)12-10-17/h4-15,19-20H,23H2,1-3H3,(H,25,27). The van der Waals surface area contributed by atoms with Crippen LogP contribution in [0.3, 0.4) is 0 Å². The summed E-state index contributed by atoms with van der Waals surface area (Å²) >= 11 is 0. The molecule has 3 rings (SSSR count). The molecule has 0 spiro atoms. The van der Waals surface area contributed by atoms with Gasteiger partial charge in [-0.05, 0) is 23.3 Å². The van der Waals surface area contributed by atoms with Gasteiger partial charge in [-0.1, -0.05) is 49.4 Å². The van der Waals surface area contributed by atoms with Crippen molar-refractivity contribution in [1.29, 1.82) is 0 Å². The molecule has 1 aromatic heterocycles. The number of amides is 1. The van der Waals surface area contributed by atoms with Gasteiger partial charge in [0.2, 0.25) is 5.91 Å². The molecule has 0 aliphatic rings. The van der Waals surface area contributed by atoms with E-state index in [0.29, 0.717) is 0 Å². The van der Waals surface area contributed by atoms with E-state index in [1.54, 1.807) is 13.3 Å². The first-order valence-corrected chi connectivity index (χ1v) is 9.23. The largest absolute Gasteiger partial charge is 0.497 e. The van der Waals surface area contributed by atoms with Gasteiger partial charge >= 0.3 is 0 Å². The summed E-state index contributed by atoms with van der Waals surface area (Å²) in [5, 5.41) is 3.12. The van der Waals surface area contributed by atoms with Gasteiger partial charge in [0, 0.05) is 25.5 Å². The number of ether oxygens (including phenoxy) is 1. The molecule has 0 saturated carbocycles. The van der Waals surface area contributed by atoms with E-state index in [2.05, 4.69) is 10.3 Å². The molecule has 1 heterocycles. The average Bonchev–Trinajstić information content (AvgIpc) is 3.17. The molecular formula is C22H26N4O2. The molecule has 0 saturated heterocycles. The number of nitrogens with zero attached hydrogens (tertiary/aromatic N) is 2. The van der Waals surface area contributed by atoms with Gasteiger partial charge in [-0.2, -0.15) is 0 Å². The van der Waals surface area contributed by atoms with Crippen molar-refractivity contribution in [2.24, 2.45) is 18.7 Å². The number of hydrogen-bond acceptors (Lipinski definition) is 4. The van der Waals surface area contributed by atoms with Gasteiger partial charge in [0.25, 0.3) is 0 Å². The summed E-state index contributed by atoms with van der Waals surface area (Å²) in [7, 11) is 3.53. The van der Waals surface area contributed by atoms with E-state index in [4.69, 9.17) is 10.5 Å². The molecule has 6 heteroatoms. The maximum atomic E-state index is 13.0. The van der Waals surface area contributed by atoms with Crippen LogP contribution >= 0.6 is 0 Å². The van der Waals surface area contributed by atoms with Crippen LogP contribution in [0.1, 0.15) is 36.0 Å².